The number of benzene rings is 2. The normalized spacial score (nSPS) is 11.3. The van der Waals surface area contributed by atoms with Crippen LogP contribution in [0.5, 0.6) is 0 Å². The summed E-state index contributed by atoms with van der Waals surface area (Å²) in [5.74, 6) is -0.315. The Hall–Kier alpha value is -1.18. The number of sulfonamides is 1. The minimum atomic E-state index is -3.61. The van der Waals surface area contributed by atoms with Crippen LogP contribution in [-0.2, 0) is 14.8 Å². The summed E-state index contributed by atoms with van der Waals surface area (Å²) in [4.78, 5) is 12.1. The highest BCUT2D eigenvalue weighted by Crippen LogP contribution is 2.31. The molecule has 10 heteroatoms. The maximum Gasteiger partial charge on any atom is 0.232 e. The maximum atomic E-state index is 12.1. The van der Waals surface area contributed by atoms with Crippen molar-refractivity contribution >= 4 is 73.7 Å². The van der Waals surface area contributed by atoms with E-state index < -0.39 is 10.0 Å². The summed E-state index contributed by atoms with van der Waals surface area (Å²) in [5, 5.41) is 4.06. The zero-order chi connectivity index (χ0) is 20.2. The number of halogens is 4. The summed E-state index contributed by atoms with van der Waals surface area (Å²) < 4.78 is 25.4. The van der Waals surface area contributed by atoms with Crippen LogP contribution in [0.4, 0.5) is 11.4 Å². The lowest BCUT2D eigenvalue weighted by molar-refractivity contribution is -0.116. The molecule has 0 aliphatic heterocycles. The molecule has 0 saturated heterocycles. The second-order valence-corrected chi connectivity index (χ2v) is 9.30. The Morgan fingerprint density at radius 2 is 1.59 bits per heavy atom. The van der Waals surface area contributed by atoms with Crippen molar-refractivity contribution in [3.05, 3.63) is 56.5 Å². The lowest BCUT2D eigenvalue weighted by Crippen LogP contribution is -2.31. The Morgan fingerprint density at radius 1 is 1.00 bits per heavy atom. The second-order valence-electron chi connectivity index (χ2n) is 5.71. The third kappa shape index (κ3) is 6.43. The average molecular weight is 470 g/mol. The molecule has 1 amide bonds. The van der Waals surface area contributed by atoms with Gasteiger partial charge < -0.3 is 5.32 Å². The third-order valence-corrected chi connectivity index (χ3v) is 5.84. The number of carbonyl (C=O) groups is 1. The second kappa shape index (κ2) is 9.34. The zero-order valence-corrected chi connectivity index (χ0v) is 18.0. The van der Waals surface area contributed by atoms with E-state index in [1.54, 1.807) is 18.2 Å². The quantitative estimate of drug-likeness (QED) is 0.583. The minimum absolute atomic E-state index is 0.0651. The fourth-order valence-corrected chi connectivity index (χ4v) is 4.07. The van der Waals surface area contributed by atoms with E-state index in [2.05, 4.69) is 5.32 Å². The fraction of sp³-hybridized carbons (Fsp3) is 0.235. The van der Waals surface area contributed by atoms with Crippen LogP contribution in [0.25, 0.3) is 0 Å². The number of carbonyl (C=O) groups excluding carboxylic acids is 1. The van der Waals surface area contributed by atoms with E-state index in [1.165, 1.54) is 18.2 Å². The summed E-state index contributed by atoms with van der Waals surface area (Å²) >= 11 is 23.9. The first kappa shape index (κ1) is 22.1. The topological polar surface area (TPSA) is 66.5 Å². The predicted octanol–water partition coefficient (Wildman–Crippen LogP) is 5.49. The van der Waals surface area contributed by atoms with Gasteiger partial charge in [-0.05, 0) is 42.8 Å². The number of nitrogens with one attached hydrogen (secondary N) is 1. The van der Waals surface area contributed by atoms with Gasteiger partial charge in [0.1, 0.15) is 0 Å². The van der Waals surface area contributed by atoms with Gasteiger partial charge in [-0.25, -0.2) is 8.42 Å². The van der Waals surface area contributed by atoms with Crippen molar-refractivity contribution in [3.63, 3.8) is 0 Å². The molecule has 0 aromatic heterocycles. The molecule has 146 valence electrons. The lowest BCUT2D eigenvalue weighted by atomic mass is 10.2. The van der Waals surface area contributed by atoms with Gasteiger partial charge in [0.15, 0.2) is 0 Å². The van der Waals surface area contributed by atoms with Gasteiger partial charge in [0.25, 0.3) is 0 Å². The Morgan fingerprint density at radius 3 is 2.22 bits per heavy atom. The number of hydrogen-bond donors (Lipinski definition) is 1. The van der Waals surface area contributed by atoms with E-state index in [0.717, 1.165) is 10.6 Å². The monoisotopic (exact) mass is 468 g/mol. The molecule has 0 radical (unpaired) electrons. The third-order valence-electron chi connectivity index (χ3n) is 3.54. The van der Waals surface area contributed by atoms with Gasteiger partial charge in [0.05, 0.1) is 27.7 Å². The summed E-state index contributed by atoms with van der Waals surface area (Å²) in [6.45, 7) is 0.0651. The van der Waals surface area contributed by atoms with Crippen LogP contribution in [-0.4, -0.2) is 27.1 Å². The van der Waals surface area contributed by atoms with E-state index in [1.807, 2.05) is 0 Å². The number of hydrogen-bond acceptors (Lipinski definition) is 3. The van der Waals surface area contributed by atoms with Gasteiger partial charge in [-0.2, -0.15) is 0 Å². The molecular weight excluding hydrogens is 454 g/mol. The predicted molar refractivity (Wildman–Crippen MR) is 113 cm³/mol. The molecule has 0 saturated carbocycles. The first-order chi connectivity index (χ1) is 12.6. The Kier molecular flexibility index (Phi) is 7.65. The molecule has 0 atom stereocenters. The molecule has 0 aliphatic carbocycles. The minimum Gasteiger partial charge on any atom is -0.325 e. The van der Waals surface area contributed by atoms with E-state index in [-0.39, 0.29) is 36.0 Å². The number of anilines is 2. The molecule has 5 nitrogen and oxygen atoms in total. The standard InChI is InChI=1S/C17H16Cl4N2O3S/c1-27(25,26)23(16-10-12(19)5-7-14(16)21)8-2-3-17(24)22-15-9-11(18)4-6-13(15)20/h4-7,9-10H,2-3,8H2,1H3,(H,22,24). The van der Waals surface area contributed by atoms with Gasteiger partial charge in [-0.1, -0.05) is 46.4 Å². The average Bonchev–Trinajstić information content (AvgIpc) is 2.56. The molecule has 0 heterocycles. The largest absolute Gasteiger partial charge is 0.325 e. The molecule has 2 aromatic carbocycles. The van der Waals surface area contributed by atoms with Gasteiger partial charge in [0.2, 0.25) is 15.9 Å². The SMILES string of the molecule is CS(=O)(=O)N(CCCC(=O)Nc1cc(Cl)ccc1Cl)c1cc(Cl)ccc1Cl. The number of amides is 1. The van der Waals surface area contributed by atoms with Crippen LogP contribution in [0, 0.1) is 0 Å². The van der Waals surface area contributed by atoms with E-state index >= 15 is 0 Å². The van der Waals surface area contributed by atoms with E-state index in [9.17, 15) is 13.2 Å². The van der Waals surface area contributed by atoms with Crippen molar-refractivity contribution in [3.8, 4) is 0 Å². The van der Waals surface area contributed by atoms with Crippen molar-refractivity contribution in [1.82, 2.24) is 0 Å². The molecule has 0 fully saturated rings. The molecule has 0 unspecified atom stereocenters. The maximum absolute atomic E-state index is 12.1. The van der Waals surface area contributed by atoms with Gasteiger partial charge in [0, 0.05) is 23.0 Å². The summed E-state index contributed by atoms with van der Waals surface area (Å²) in [5.41, 5.74) is 0.664. The van der Waals surface area contributed by atoms with Crippen molar-refractivity contribution in [1.29, 1.82) is 0 Å². The highest BCUT2D eigenvalue weighted by Gasteiger charge is 2.20. The van der Waals surface area contributed by atoms with Gasteiger partial charge >= 0.3 is 0 Å². The number of nitrogens with zero attached hydrogens (tertiary/aromatic N) is 1. The van der Waals surface area contributed by atoms with E-state index in [0.29, 0.717) is 20.8 Å². The highest BCUT2D eigenvalue weighted by atomic mass is 35.5. The molecule has 0 spiro atoms. The molecule has 2 aromatic rings. The smallest absolute Gasteiger partial charge is 0.232 e. The van der Waals surface area contributed by atoms with Crippen LogP contribution in [0.15, 0.2) is 36.4 Å². The molecular formula is C17H16Cl4N2O3S. The van der Waals surface area contributed by atoms with Crippen LogP contribution in [0.1, 0.15) is 12.8 Å². The number of rotatable bonds is 7. The molecule has 0 bridgehead atoms. The zero-order valence-electron chi connectivity index (χ0n) is 14.2. The van der Waals surface area contributed by atoms with Gasteiger partial charge in [-0.3, -0.25) is 9.10 Å². The molecule has 27 heavy (non-hydrogen) atoms. The van der Waals surface area contributed by atoms with Crippen LogP contribution in [0.3, 0.4) is 0 Å². The molecule has 1 N–H and O–H groups in total. The van der Waals surface area contributed by atoms with Crippen molar-refractivity contribution < 1.29 is 13.2 Å². The lowest BCUT2D eigenvalue weighted by Gasteiger charge is -2.23. The van der Waals surface area contributed by atoms with Crippen molar-refractivity contribution in [2.45, 2.75) is 12.8 Å². The Balaban J connectivity index is 2.05. The van der Waals surface area contributed by atoms with Crippen LogP contribution >= 0.6 is 46.4 Å². The van der Waals surface area contributed by atoms with Crippen molar-refractivity contribution in [2.75, 3.05) is 22.4 Å². The first-order valence-corrected chi connectivity index (χ1v) is 11.1. The Labute approximate surface area is 178 Å². The fourth-order valence-electron chi connectivity index (χ4n) is 2.33. The summed E-state index contributed by atoms with van der Waals surface area (Å²) in [7, 11) is -3.61. The highest BCUT2D eigenvalue weighted by molar-refractivity contribution is 7.92. The van der Waals surface area contributed by atoms with E-state index in [4.69, 9.17) is 46.4 Å². The first-order valence-electron chi connectivity index (χ1n) is 7.75. The molecule has 2 rings (SSSR count). The summed E-state index contributed by atoms with van der Waals surface area (Å²) in [6.07, 6.45) is 1.41. The Bertz CT molecular complexity index is 951. The van der Waals surface area contributed by atoms with Gasteiger partial charge in [-0.15, -0.1) is 0 Å². The molecule has 0 aliphatic rings. The van der Waals surface area contributed by atoms with Crippen molar-refractivity contribution in [2.24, 2.45) is 0 Å². The van der Waals surface area contributed by atoms with Crippen LogP contribution < -0.4 is 9.62 Å². The summed E-state index contributed by atoms with van der Waals surface area (Å²) in [6, 6.07) is 9.28. The van der Waals surface area contributed by atoms with Crippen LogP contribution in [0.2, 0.25) is 20.1 Å².